The lowest BCUT2D eigenvalue weighted by Gasteiger charge is -2.36. The molecule has 1 aliphatic rings. The van der Waals surface area contributed by atoms with Crippen LogP contribution in [0.1, 0.15) is 25.3 Å². The van der Waals surface area contributed by atoms with Crippen molar-refractivity contribution >= 4 is 22.7 Å². The fraction of sp³-hybridized carbons (Fsp3) is 0.474. The first-order chi connectivity index (χ1) is 12.0. The second kappa shape index (κ2) is 7.17. The summed E-state index contributed by atoms with van der Waals surface area (Å²) < 4.78 is 5.28. The molecular formula is C19H25N3O3. The normalized spacial score (nSPS) is 15.4. The van der Waals surface area contributed by atoms with Gasteiger partial charge in [-0.25, -0.2) is 0 Å². The second-order valence-corrected chi connectivity index (χ2v) is 6.64. The molecule has 2 amide bonds. The second-order valence-electron chi connectivity index (χ2n) is 6.64. The minimum absolute atomic E-state index is 0.0810. The maximum Gasteiger partial charge on any atom is 0.227 e. The van der Waals surface area contributed by atoms with Gasteiger partial charge in [0, 0.05) is 50.2 Å². The maximum absolute atomic E-state index is 12.7. The van der Waals surface area contributed by atoms with Gasteiger partial charge in [-0.2, -0.15) is 0 Å². The third kappa shape index (κ3) is 3.62. The van der Waals surface area contributed by atoms with Gasteiger partial charge in [-0.15, -0.1) is 0 Å². The van der Waals surface area contributed by atoms with E-state index in [1.165, 1.54) is 0 Å². The fourth-order valence-electron chi connectivity index (χ4n) is 3.47. The van der Waals surface area contributed by atoms with Gasteiger partial charge in [-0.05, 0) is 36.6 Å². The first-order valence-corrected chi connectivity index (χ1v) is 8.64. The van der Waals surface area contributed by atoms with E-state index in [0.29, 0.717) is 19.5 Å². The average molecular weight is 343 g/mol. The van der Waals surface area contributed by atoms with E-state index in [0.717, 1.165) is 35.1 Å². The molecule has 1 aliphatic heterocycles. The number of fused-ring (bicyclic) bond motifs is 1. The monoisotopic (exact) mass is 343 g/mol. The van der Waals surface area contributed by atoms with Crippen LogP contribution in [-0.4, -0.2) is 59.9 Å². The number of carbonyl (C=O) groups is 2. The number of rotatable bonds is 4. The standard InChI is InChI=1S/C19H25N3O3/c1-13(23)21(2)15-6-8-22(9-7-15)19(24)10-14-12-20-18-5-4-16(25-3)11-17(14)18/h4-5,11-12,15,20H,6-10H2,1-3H3. The summed E-state index contributed by atoms with van der Waals surface area (Å²) in [5, 5.41) is 1.03. The Morgan fingerprint density at radius 1 is 1.32 bits per heavy atom. The Balaban J connectivity index is 1.64. The van der Waals surface area contributed by atoms with E-state index < -0.39 is 0 Å². The lowest BCUT2D eigenvalue weighted by molar-refractivity contribution is -0.134. The SMILES string of the molecule is COc1ccc2[nH]cc(CC(=O)N3CCC(N(C)C(C)=O)CC3)c2c1. The average Bonchev–Trinajstić information content (AvgIpc) is 3.03. The number of likely N-dealkylation sites (tertiary alicyclic amines) is 1. The van der Waals surface area contributed by atoms with Crippen molar-refractivity contribution < 1.29 is 14.3 Å². The lowest BCUT2D eigenvalue weighted by Crippen LogP contribution is -2.47. The van der Waals surface area contributed by atoms with Gasteiger partial charge in [0.25, 0.3) is 0 Å². The van der Waals surface area contributed by atoms with Gasteiger partial charge in [0.2, 0.25) is 11.8 Å². The largest absolute Gasteiger partial charge is 0.497 e. The first kappa shape index (κ1) is 17.3. The minimum Gasteiger partial charge on any atom is -0.497 e. The zero-order valence-electron chi connectivity index (χ0n) is 15.0. The predicted octanol–water partition coefficient (Wildman–Crippen LogP) is 2.19. The molecule has 1 aromatic carbocycles. The van der Waals surface area contributed by atoms with E-state index in [1.54, 1.807) is 18.9 Å². The Morgan fingerprint density at radius 2 is 2.04 bits per heavy atom. The summed E-state index contributed by atoms with van der Waals surface area (Å²) in [7, 11) is 3.48. The third-order valence-corrected chi connectivity index (χ3v) is 5.18. The summed E-state index contributed by atoms with van der Waals surface area (Å²) in [4.78, 5) is 31.1. The summed E-state index contributed by atoms with van der Waals surface area (Å²) in [6.07, 6.45) is 3.95. The minimum atomic E-state index is 0.0810. The molecule has 0 spiro atoms. The quantitative estimate of drug-likeness (QED) is 0.925. The van der Waals surface area contributed by atoms with Gasteiger partial charge >= 0.3 is 0 Å². The van der Waals surface area contributed by atoms with E-state index in [1.807, 2.05) is 36.3 Å². The molecule has 0 radical (unpaired) electrons. The Kier molecular flexibility index (Phi) is 4.97. The first-order valence-electron chi connectivity index (χ1n) is 8.64. The van der Waals surface area contributed by atoms with Crippen molar-refractivity contribution in [1.82, 2.24) is 14.8 Å². The van der Waals surface area contributed by atoms with Crippen molar-refractivity contribution in [3.63, 3.8) is 0 Å². The van der Waals surface area contributed by atoms with Crippen molar-refractivity contribution in [2.75, 3.05) is 27.2 Å². The zero-order valence-corrected chi connectivity index (χ0v) is 15.0. The molecule has 0 unspecified atom stereocenters. The molecule has 0 aliphatic carbocycles. The van der Waals surface area contributed by atoms with Crippen LogP contribution in [0.15, 0.2) is 24.4 Å². The van der Waals surface area contributed by atoms with Gasteiger partial charge in [0.1, 0.15) is 5.75 Å². The molecule has 1 fully saturated rings. The fourth-order valence-corrected chi connectivity index (χ4v) is 3.47. The van der Waals surface area contributed by atoms with Gasteiger partial charge in [-0.3, -0.25) is 9.59 Å². The van der Waals surface area contributed by atoms with Crippen molar-refractivity contribution in [2.24, 2.45) is 0 Å². The molecule has 1 N–H and O–H groups in total. The number of nitrogens with zero attached hydrogens (tertiary/aromatic N) is 2. The summed E-state index contributed by atoms with van der Waals surface area (Å²) in [5.41, 5.74) is 1.99. The molecule has 6 nitrogen and oxygen atoms in total. The molecule has 2 heterocycles. The number of methoxy groups -OCH3 is 1. The van der Waals surface area contributed by atoms with Crippen LogP contribution in [0.25, 0.3) is 10.9 Å². The van der Waals surface area contributed by atoms with Crippen LogP contribution in [0.2, 0.25) is 0 Å². The molecule has 1 aromatic heterocycles. The number of aromatic nitrogens is 1. The number of nitrogens with one attached hydrogen (secondary N) is 1. The molecule has 6 heteroatoms. The van der Waals surface area contributed by atoms with Crippen LogP contribution in [0.4, 0.5) is 0 Å². The van der Waals surface area contributed by atoms with Gasteiger partial charge in [-0.1, -0.05) is 0 Å². The van der Waals surface area contributed by atoms with Gasteiger partial charge in [0.15, 0.2) is 0 Å². The molecule has 3 rings (SSSR count). The highest BCUT2D eigenvalue weighted by atomic mass is 16.5. The van der Waals surface area contributed by atoms with Crippen molar-refractivity contribution in [3.05, 3.63) is 30.0 Å². The van der Waals surface area contributed by atoms with E-state index in [9.17, 15) is 9.59 Å². The van der Waals surface area contributed by atoms with E-state index in [2.05, 4.69) is 4.98 Å². The van der Waals surface area contributed by atoms with Crippen LogP contribution in [0.3, 0.4) is 0 Å². The van der Waals surface area contributed by atoms with Crippen LogP contribution in [-0.2, 0) is 16.0 Å². The van der Waals surface area contributed by atoms with Crippen LogP contribution in [0.5, 0.6) is 5.75 Å². The van der Waals surface area contributed by atoms with Crippen LogP contribution >= 0.6 is 0 Å². The molecule has 1 saturated heterocycles. The number of hydrogen-bond acceptors (Lipinski definition) is 3. The Labute approximate surface area is 147 Å². The molecule has 0 atom stereocenters. The Morgan fingerprint density at radius 3 is 2.68 bits per heavy atom. The summed E-state index contributed by atoms with van der Waals surface area (Å²) in [5.74, 6) is 0.999. The molecular weight excluding hydrogens is 318 g/mol. The van der Waals surface area contributed by atoms with Gasteiger partial charge in [0.05, 0.1) is 13.5 Å². The number of piperidine rings is 1. The molecule has 2 aromatic rings. The highest BCUT2D eigenvalue weighted by Gasteiger charge is 2.26. The number of aromatic amines is 1. The maximum atomic E-state index is 12.7. The topological polar surface area (TPSA) is 65.6 Å². The van der Waals surface area contributed by atoms with E-state index in [4.69, 9.17) is 4.74 Å². The molecule has 25 heavy (non-hydrogen) atoms. The number of hydrogen-bond donors (Lipinski definition) is 1. The number of carbonyl (C=O) groups excluding carboxylic acids is 2. The van der Waals surface area contributed by atoms with Crippen molar-refractivity contribution in [2.45, 2.75) is 32.2 Å². The molecule has 0 bridgehead atoms. The van der Waals surface area contributed by atoms with Gasteiger partial charge < -0.3 is 19.5 Å². The number of benzene rings is 1. The van der Waals surface area contributed by atoms with E-state index >= 15 is 0 Å². The van der Waals surface area contributed by atoms with E-state index in [-0.39, 0.29) is 17.9 Å². The Bertz CT molecular complexity index is 775. The highest BCUT2D eigenvalue weighted by molar-refractivity contribution is 5.89. The Hall–Kier alpha value is -2.50. The molecule has 134 valence electrons. The van der Waals surface area contributed by atoms with Crippen molar-refractivity contribution in [1.29, 1.82) is 0 Å². The summed E-state index contributed by atoms with van der Waals surface area (Å²) in [6.45, 7) is 2.99. The number of amides is 2. The predicted molar refractivity (Wildman–Crippen MR) is 96.6 cm³/mol. The summed E-state index contributed by atoms with van der Waals surface area (Å²) in [6, 6.07) is 6.06. The van der Waals surface area contributed by atoms with Crippen LogP contribution < -0.4 is 4.74 Å². The lowest BCUT2D eigenvalue weighted by atomic mass is 10.0. The number of ether oxygens (including phenoxy) is 1. The highest BCUT2D eigenvalue weighted by Crippen LogP contribution is 2.25. The molecule has 0 saturated carbocycles. The third-order valence-electron chi connectivity index (χ3n) is 5.18. The zero-order chi connectivity index (χ0) is 18.0. The smallest absolute Gasteiger partial charge is 0.227 e. The number of H-pyrrole nitrogens is 1. The van der Waals surface area contributed by atoms with Crippen LogP contribution in [0, 0.1) is 0 Å². The summed E-state index contributed by atoms with van der Waals surface area (Å²) >= 11 is 0. The van der Waals surface area contributed by atoms with Crippen molar-refractivity contribution in [3.8, 4) is 5.75 Å².